The molecule has 0 unspecified atom stereocenters. The molecule has 0 aromatic carbocycles. The smallest absolute Gasteiger partial charge is 0.211 e. The molecule has 0 bridgehead atoms. The van der Waals surface area contributed by atoms with Gasteiger partial charge in [0, 0.05) is 5.70 Å². The van der Waals surface area contributed by atoms with Gasteiger partial charge < -0.3 is 0 Å². The second-order valence-corrected chi connectivity index (χ2v) is 2.06. The van der Waals surface area contributed by atoms with Crippen LogP contribution in [0, 0.1) is 0 Å². The summed E-state index contributed by atoms with van der Waals surface area (Å²) in [7, 11) is 0. The van der Waals surface area contributed by atoms with Gasteiger partial charge in [-0.1, -0.05) is 26.3 Å². The van der Waals surface area contributed by atoms with Gasteiger partial charge in [-0.25, -0.2) is 4.79 Å². The van der Waals surface area contributed by atoms with Crippen LogP contribution in [0.1, 0.15) is 33.1 Å². The number of isocyanates is 1. The van der Waals surface area contributed by atoms with E-state index in [4.69, 9.17) is 0 Å². The minimum atomic E-state index is 0.861. The van der Waals surface area contributed by atoms with Gasteiger partial charge in [-0.15, -0.1) is 0 Å². The zero-order valence-electron chi connectivity index (χ0n) is 6.55. The molecule has 0 spiro atoms. The fourth-order valence-electron chi connectivity index (χ4n) is 0.754. The lowest BCUT2D eigenvalue weighted by molar-refractivity contribution is 0.564. The maximum atomic E-state index is 9.83. The molecule has 0 aliphatic heterocycles. The highest BCUT2D eigenvalue weighted by atomic mass is 16.1. The molecule has 0 aromatic rings. The van der Waals surface area contributed by atoms with Crippen molar-refractivity contribution in [1.82, 2.24) is 0 Å². The summed E-state index contributed by atoms with van der Waals surface area (Å²) in [4.78, 5) is 13.4. The highest BCUT2D eigenvalue weighted by Gasteiger charge is 1.89. The van der Waals surface area contributed by atoms with E-state index < -0.39 is 0 Å². The average Bonchev–Trinajstić information content (AvgIpc) is 1.90. The molecule has 0 atom stereocenters. The van der Waals surface area contributed by atoms with Crippen molar-refractivity contribution in [3.63, 3.8) is 0 Å². The quantitative estimate of drug-likeness (QED) is 0.434. The van der Waals surface area contributed by atoms with E-state index in [1.54, 1.807) is 6.08 Å². The van der Waals surface area contributed by atoms with Gasteiger partial charge in [-0.3, -0.25) is 0 Å². The molecule has 10 heavy (non-hydrogen) atoms. The first-order valence-electron chi connectivity index (χ1n) is 3.62. The number of aliphatic imine (C=N–C) groups is 1. The predicted molar refractivity (Wildman–Crippen MR) is 41.4 cm³/mol. The topological polar surface area (TPSA) is 29.4 Å². The minimum Gasteiger partial charge on any atom is -0.211 e. The van der Waals surface area contributed by atoms with Crippen molar-refractivity contribution in [2.24, 2.45) is 4.99 Å². The first-order chi connectivity index (χ1) is 4.85. The van der Waals surface area contributed by atoms with Crippen LogP contribution < -0.4 is 0 Å². The first kappa shape index (κ1) is 9.12. The summed E-state index contributed by atoms with van der Waals surface area (Å²) in [5.41, 5.74) is 0.861. The molecule has 0 rings (SSSR count). The highest BCUT2D eigenvalue weighted by Crippen LogP contribution is 2.05. The Hall–Kier alpha value is -0.880. The van der Waals surface area contributed by atoms with E-state index >= 15 is 0 Å². The fraction of sp³-hybridized carbons (Fsp3) is 0.625. The van der Waals surface area contributed by atoms with Crippen molar-refractivity contribution >= 4 is 6.08 Å². The zero-order valence-corrected chi connectivity index (χ0v) is 6.55. The molecule has 0 aliphatic carbocycles. The van der Waals surface area contributed by atoms with Crippen molar-refractivity contribution in [1.29, 1.82) is 0 Å². The number of hydrogen-bond acceptors (Lipinski definition) is 2. The third-order valence-electron chi connectivity index (χ3n) is 1.14. The maximum absolute atomic E-state index is 9.83. The molecule has 56 valence electrons. The van der Waals surface area contributed by atoms with Gasteiger partial charge in [0.05, 0.1) is 0 Å². The second-order valence-electron chi connectivity index (χ2n) is 2.06. The first-order valence-corrected chi connectivity index (χ1v) is 3.62. The van der Waals surface area contributed by atoms with Gasteiger partial charge in [0.2, 0.25) is 6.08 Å². The van der Waals surface area contributed by atoms with Gasteiger partial charge in [-0.05, 0) is 12.8 Å². The van der Waals surface area contributed by atoms with Gasteiger partial charge >= 0.3 is 0 Å². The summed E-state index contributed by atoms with van der Waals surface area (Å²) >= 11 is 0. The zero-order chi connectivity index (χ0) is 7.82. The average molecular weight is 139 g/mol. The third kappa shape index (κ3) is 4.04. The second kappa shape index (κ2) is 6.24. The van der Waals surface area contributed by atoms with Crippen LogP contribution in [-0.2, 0) is 4.79 Å². The summed E-state index contributed by atoms with van der Waals surface area (Å²) < 4.78 is 0. The molecule has 0 aromatic heterocycles. The Balaban J connectivity index is 3.96. The monoisotopic (exact) mass is 139 g/mol. The molecule has 0 aliphatic rings. The molecule has 2 nitrogen and oxygen atoms in total. The maximum Gasteiger partial charge on any atom is 0.240 e. The summed E-state index contributed by atoms with van der Waals surface area (Å²) in [6, 6.07) is 0. The van der Waals surface area contributed by atoms with Gasteiger partial charge in [0.1, 0.15) is 0 Å². The SMILES string of the molecule is CCC=C(CCC)N=C=O. The number of nitrogens with zero attached hydrogens (tertiary/aromatic N) is 1. The molecule has 0 radical (unpaired) electrons. The van der Waals surface area contributed by atoms with Crippen molar-refractivity contribution in [2.45, 2.75) is 33.1 Å². The number of allylic oxidation sites excluding steroid dienone is 2. The van der Waals surface area contributed by atoms with E-state index in [1.807, 2.05) is 13.0 Å². The van der Waals surface area contributed by atoms with Crippen LogP contribution in [0.25, 0.3) is 0 Å². The molecule has 0 amide bonds. The number of rotatable bonds is 4. The van der Waals surface area contributed by atoms with E-state index in [1.165, 1.54) is 0 Å². The highest BCUT2D eigenvalue weighted by molar-refractivity contribution is 5.36. The number of carbonyl (C=O) groups excluding carboxylic acids is 1. The normalized spacial score (nSPS) is 10.8. The Morgan fingerprint density at radius 3 is 2.70 bits per heavy atom. The molecular formula is C8H13NO. The largest absolute Gasteiger partial charge is 0.240 e. The summed E-state index contributed by atoms with van der Waals surface area (Å²) in [5, 5.41) is 0. The minimum absolute atomic E-state index is 0.861. The van der Waals surface area contributed by atoms with E-state index in [9.17, 15) is 4.79 Å². The van der Waals surface area contributed by atoms with Crippen LogP contribution in [0.2, 0.25) is 0 Å². The number of hydrogen-bond donors (Lipinski definition) is 0. The van der Waals surface area contributed by atoms with Crippen LogP contribution in [0.5, 0.6) is 0 Å². The molecule has 0 saturated carbocycles. The van der Waals surface area contributed by atoms with Crippen molar-refractivity contribution in [2.75, 3.05) is 0 Å². The van der Waals surface area contributed by atoms with Crippen molar-refractivity contribution in [3.8, 4) is 0 Å². The van der Waals surface area contributed by atoms with Gasteiger partial charge in [0.15, 0.2) is 0 Å². The van der Waals surface area contributed by atoms with Gasteiger partial charge in [-0.2, -0.15) is 4.99 Å². The van der Waals surface area contributed by atoms with Crippen LogP contribution in [0.4, 0.5) is 0 Å². The van der Waals surface area contributed by atoms with E-state index in [-0.39, 0.29) is 0 Å². The lowest BCUT2D eigenvalue weighted by atomic mass is 10.2. The van der Waals surface area contributed by atoms with Crippen molar-refractivity contribution < 1.29 is 4.79 Å². The lowest BCUT2D eigenvalue weighted by Gasteiger charge is -1.92. The third-order valence-corrected chi connectivity index (χ3v) is 1.14. The summed E-state index contributed by atoms with van der Waals surface area (Å²) in [6.07, 6.45) is 6.33. The van der Waals surface area contributed by atoms with Crippen LogP contribution in [0.3, 0.4) is 0 Å². The molecule has 0 N–H and O–H groups in total. The Labute approximate surface area is 61.7 Å². The standard InChI is InChI=1S/C8H13NO/c1-3-5-8(6-4-2)9-7-10/h5H,3-4,6H2,1-2H3. The Kier molecular flexibility index (Phi) is 5.69. The van der Waals surface area contributed by atoms with Crippen LogP contribution in [-0.4, -0.2) is 6.08 Å². The lowest BCUT2D eigenvalue weighted by Crippen LogP contribution is -1.76. The van der Waals surface area contributed by atoms with E-state index in [0.29, 0.717) is 0 Å². The van der Waals surface area contributed by atoms with Crippen LogP contribution >= 0.6 is 0 Å². The summed E-state index contributed by atoms with van der Waals surface area (Å²) in [5.74, 6) is 0. The van der Waals surface area contributed by atoms with Crippen LogP contribution in [0.15, 0.2) is 16.8 Å². The predicted octanol–water partition coefficient (Wildman–Crippen LogP) is 2.42. The molecule has 2 heteroatoms. The van der Waals surface area contributed by atoms with Gasteiger partial charge in [0.25, 0.3) is 0 Å². The Bertz CT molecular complexity index is 155. The molecule has 0 fully saturated rings. The Morgan fingerprint density at radius 2 is 2.30 bits per heavy atom. The fourth-order valence-corrected chi connectivity index (χ4v) is 0.754. The molecular weight excluding hydrogens is 126 g/mol. The Morgan fingerprint density at radius 1 is 1.60 bits per heavy atom. The summed E-state index contributed by atoms with van der Waals surface area (Å²) in [6.45, 7) is 4.08. The van der Waals surface area contributed by atoms with Crippen molar-refractivity contribution in [3.05, 3.63) is 11.8 Å². The van der Waals surface area contributed by atoms with E-state index in [0.717, 1.165) is 25.0 Å². The molecule has 0 heterocycles. The van der Waals surface area contributed by atoms with E-state index in [2.05, 4.69) is 11.9 Å². The molecule has 0 saturated heterocycles.